The number of ether oxygens (including phenoxy) is 4. The molecular formula is C82H152O9Si2. The van der Waals surface area contributed by atoms with E-state index >= 15 is 0 Å². The summed E-state index contributed by atoms with van der Waals surface area (Å²) in [6.07, 6.45) is 6.96. The van der Waals surface area contributed by atoms with Crippen LogP contribution in [0.5, 0.6) is 0 Å². The highest BCUT2D eigenvalue weighted by Crippen LogP contribution is 2.42. The van der Waals surface area contributed by atoms with Crippen molar-refractivity contribution in [1.29, 1.82) is 0 Å². The van der Waals surface area contributed by atoms with Gasteiger partial charge in [-0.05, 0) is 108 Å². The van der Waals surface area contributed by atoms with Crippen LogP contribution in [0.25, 0.3) is 0 Å². The van der Waals surface area contributed by atoms with E-state index in [4.69, 9.17) is 24.1 Å². The van der Waals surface area contributed by atoms with E-state index in [1.807, 2.05) is 111 Å². The number of aliphatic hydroxyl groups is 1. The zero-order valence-corrected chi connectivity index (χ0v) is 69.3. The fourth-order valence-corrected chi connectivity index (χ4v) is 8.23. The number of benzene rings is 3. The molecule has 3 rings (SSSR count). The number of hydrogen-bond donors (Lipinski definition) is 1. The summed E-state index contributed by atoms with van der Waals surface area (Å²) in [5, 5.41) is 9.37. The van der Waals surface area contributed by atoms with Gasteiger partial charge in [0.05, 0.1) is 45.0 Å². The largest absolute Gasteiger partial charge is 0.466 e. The van der Waals surface area contributed by atoms with Gasteiger partial charge in [-0.25, -0.2) is 0 Å². The molecule has 0 aliphatic carbocycles. The van der Waals surface area contributed by atoms with Gasteiger partial charge in [-0.1, -0.05) is 329 Å². The SMILES string of the molecule is C=CCC(C)C.C=CCOC(=O)C(C)C.CC(C)C.CC(C)C(=O)OC(C)(C)C.CC(C)C(=O)OCC[Si](C)(C)C.CC(C)C(=O)OCc1ccccc1.CC(C)C(C)(C)C.CC(C)Cc1ccc(CO)cc1.CC(C)Cc1ccccc1.CC(C)[Si](C)(C)C(C)(C)C. The highest BCUT2D eigenvalue weighted by Gasteiger charge is 2.37. The van der Waals surface area contributed by atoms with Crippen LogP contribution in [0, 0.1) is 58.7 Å². The molecule has 542 valence electrons. The van der Waals surface area contributed by atoms with E-state index in [1.54, 1.807) is 19.9 Å². The zero-order valence-electron chi connectivity index (χ0n) is 67.3. The molecule has 93 heavy (non-hydrogen) atoms. The molecule has 3 aromatic carbocycles. The van der Waals surface area contributed by atoms with Crippen LogP contribution in [0.15, 0.2) is 110 Å². The average molecular weight is 1340 g/mol. The molecule has 0 aliphatic rings. The highest BCUT2D eigenvalue weighted by molar-refractivity contribution is 6.81. The second-order valence-electron chi connectivity index (χ2n) is 32.6. The topological polar surface area (TPSA) is 125 Å². The van der Waals surface area contributed by atoms with Crippen LogP contribution in [0.4, 0.5) is 0 Å². The Labute approximate surface area is 579 Å². The maximum absolute atomic E-state index is 11.1. The molecule has 0 unspecified atom stereocenters. The van der Waals surface area contributed by atoms with Crippen molar-refractivity contribution < 1.29 is 43.2 Å². The molecule has 3 aromatic rings. The summed E-state index contributed by atoms with van der Waals surface area (Å²) in [5.74, 6) is 3.24. The number of rotatable bonds is 19. The third kappa shape index (κ3) is 74.7. The smallest absolute Gasteiger partial charge is 0.308 e. The van der Waals surface area contributed by atoms with Gasteiger partial charge >= 0.3 is 23.9 Å². The molecule has 0 heterocycles. The number of hydrogen-bond acceptors (Lipinski definition) is 9. The summed E-state index contributed by atoms with van der Waals surface area (Å²) >= 11 is 0. The van der Waals surface area contributed by atoms with Crippen LogP contribution in [-0.4, -0.2) is 63.9 Å². The van der Waals surface area contributed by atoms with E-state index < -0.39 is 16.1 Å². The van der Waals surface area contributed by atoms with Crippen LogP contribution < -0.4 is 0 Å². The minimum absolute atomic E-state index is 0.00614. The Bertz CT molecular complexity index is 2250. The molecule has 0 aromatic heterocycles. The monoisotopic (exact) mass is 1340 g/mol. The Morgan fingerprint density at radius 3 is 1.03 bits per heavy atom. The van der Waals surface area contributed by atoms with Crippen molar-refractivity contribution >= 4 is 40.0 Å². The Hall–Kier alpha value is -4.59. The van der Waals surface area contributed by atoms with Crippen LogP contribution >= 0.6 is 0 Å². The van der Waals surface area contributed by atoms with Crippen molar-refractivity contribution in [2.24, 2.45) is 58.7 Å². The second-order valence-corrected chi connectivity index (χ2v) is 44.3. The fraction of sp³-hybridized carbons (Fsp3) is 0.683. The van der Waals surface area contributed by atoms with Crippen molar-refractivity contribution in [2.45, 2.75) is 295 Å². The quantitative estimate of drug-likeness (QED) is 0.0540. The predicted octanol–water partition coefficient (Wildman–Crippen LogP) is 24.0. The van der Waals surface area contributed by atoms with Gasteiger partial charge in [-0.2, -0.15) is 0 Å². The molecular weight excluding hydrogens is 1190 g/mol. The lowest BCUT2D eigenvalue weighted by molar-refractivity contribution is -0.158. The Morgan fingerprint density at radius 1 is 0.462 bits per heavy atom. The molecule has 0 fully saturated rings. The lowest BCUT2D eigenvalue weighted by Gasteiger charge is -2.40. The van der Waals surface area contributed by atoms with E-state index in [0.29, 0.717) is 36.2 Å². The van der Waals surface area contributed by atoms with Crippen molar-refractivity contribution in [1.82, 2.24) is 0 Å². The molecule has 0 aliphatic heterocycles. The van der Waals surface area contributed by atoms with Crippen molar-refractivity contribution in [3.05, 3.63) is 132 Å². The first-order valence-electron chi connectivity index (χ1n) is 34.9. The van der Waals surface area contributed by atoms with Crippen LogP contribution in [0.3, 0.4) is 0 Å². The first-order valence-corrected chi connectivity index (χ1v) is 41.7. The molecule has 1 N–H and O–H groups in total. The molecule has 0 saturated heterocycles. The standard InChI is InChI=1S/C11H14O2.C11H16O.C10H14.C9H20O2Si.C9H22Si.C8H16O2.C7H12O2.C7H16.C6H12.C4H10/c1-9(2)11(12)13-8-10-6-4-3-5-7-10;1-9(2)7-10-3-5-11(8-12)6-4-10;1-9(2)8-10-6-4-3-5-7-10;1-8(2)9(10)11-6-7-12(3,4)5;1-8(2)10(6,7)9(3,4)5;1-6(2)7(9)10-8(3,4)5;1-4-5-9-7(8)6(2)3;1-6(2)7(3,4)5;1-4-5-6(2)3;1-4(2)3/h3-7,9H,8H2,1-2H3;3-6,9,12H,7-8H2,1-2H3;3-7,9H,8H2,1-2H3;8H,6-7H2,1-5H3;8H,1-7H3;6H,1-5H3;4,6H,1,5H2,2-3H3;6H,1-5H3;4,6H,1,5H2,2-3H3;4H,1-3H3. The van der Waals surface area contributed by atoms with E-state index in [0.717, 1.165) is 59.2 Å². The highest BCUT2D eigenvalue weighted by atomic mass is 28.3. The Kier molecular flexibility index (Phi) is 62.0. The summed E-state index contributed by atoms with van der Waals surface area (Å²) in [4.78, 5) is 43.7. The number of carbonyl (C=O) groups excluding carboxylic acids is 4. The third-order valence-corrected chi connectivity index (χ3v) is 22.5. The van der Waals surface area contributed by atoms with E-state index in [9.17, 15) is 19.2 Å². The average Bonchev–Trinajstić information content (AvgIpc) is 0.844. The summed E-state index contributed by atoms with van der Waals surface area (Å²) < 4.78 is 19.9. The van der Waals surface area contributed by atoms with Gasteiger partial charge in [0.15, 0.2) is 0 Å². The molecule has 0 atom stereocenters. The molecule has 11 heteroatoms. The van der Waals surface area contributed by atoms with Crippen LogP contribution in [-0.2, 0) is 64.2 Å². The number of aliphatic hydroxyl groups excluding tert-OH is 1. The number of allylic oxidation sites excluding steroid dienone is 1. The summed E-state index contributed by atoms with van der Waals surface area (Å²) in [6, 6.07) is 29.5. The van der Waals surface area contributed by atoms with E-state index in [-0.39, 0.29) is 59.8 Å². The van der Waals surface area contributed by atoms with Gasteiger partial charge in [0.1, 0.15) is 18.8 Å². The van der Waals surface area contributed by atoms with Gasteiger partial charge in [-0.3, -0.25) is 19.2 Å². The fourth-order valence-electron chi connectivity index (χ4n) is 5.78. The van der Waals surface area contributed by atoms with Gasteiger partial charge in [-0.15, -0.1) is 6.58 Å². The number of carbonyl (C=O) groups is 4. The molecule has 0 saturated carbocycles. The first-order chi connectivity index (χ1) is 42.2. The summed E-state index contributed by atoms with van der Waals surface area (Å²) in [7, 11) is -2.02. The Balaban J connectivity index is -0.000000179. The molecule has 0 radical (unpaired) electrons. The minimum atomic E-state index is -1.04. The molecule has 0 spiro atoms. The predicted molar refractivity (Wildman–Crippen MR) is 414 cm³/mol. The van der Waals surface area contributed by atoms with Crippen molar-refractivity contribution in [3.8, 4) is 0 Å². The summed E-state index contributed by atoms with van der Waals surface area (Å²) in [6.45, 7) is 83.4. The van der Waals surface area contributed by atoms with E-state index in [2.05, 4.69) is 220 Å². The van der Waals surface area contributed by atoms with Crippen molar-refractivity contribution in [3.63, 3.8) is 0 Å². The second kappa shape index (κ2) is 56.6. The minimum Gasteiger partial charge on any atom is -0.466 e. The van der Waals surface area contributed by atoms with E-state index in [1.165, 1.54) is 17.5 Å². The lowest BCUT2D eigenvalue weighted by Crippen LogP contribution is -2.39. The van der Waals surface area contributed by atoms with Gasteiger partial charge in [0, 0.05) is 8.07 Å². The van der Waals surface area contributed by atoms with Gasteiger partial charge in [0.25, 0.3) is 0 Å². The third-order valence-electron chi connectivity index (χ3n) is 14.0. The maximum Gasteiger partial charge on any atom is 0.308 e. The first kappa shape index (κ1) is 102. The van der Waals surface area contributed by atoms with Gasteiger partial charge in [0.2, 0.25) is 0 Å². The normalized spacial score (nSPS) is 11.1. The molecule has 0 amide bonds. The van der Waals surface area contributed by atoms with Crippen LogP contribution in [0.2, 0.25) is 49.4 Å². The Morgan fingerprint density at radius 2 is 0.796 bits per heavy atom. The van der Waals surface area contributed by atoms with Crippen LogP contribution in [0.1, 0.15) is 236 Å². The molecule has 0 bridgehead atoms. The zero-order chi connectivity index (χ0) is 74.7. The molecule has 9 nitrogen and oxygen atoms in total. The number of esters is 4. The maximum atomic E-state index is 11.1. The lowest BCUT2D eigenvalue weighted by atomic mass is 9.84. The van der Waals surface area contributed by atoms with Gasteiger partial charge < -0.3 is 24.1 Å². The summed E-state index contributed by atoms with van der Waals surface area (Å²) in [5.41, 5.74) is 5.85. The van der Waals surface area contributed by atoms with Crippen molar-refractivity contribution in [2.75, 3.05) is 13.2 Å².